The van der Waals surface area contributed by atoms with Gasteiger partial charge in [0.1, 0.15) is 6.04 Å². The number of aromatic nitrogens is 1. The zero-order valence-corrected chi connectivity index (χ0v) is 11.4. The van der Waals surface area contributed by atoms with Crippen molar-refractivity contribution in [3.05, 3.63) is 59.9 Å². The SMILES string of the molecule is CN(Cc1ccccn1)C(=O)[C@@H]1Cc2ccccc2N1. The fraction of sp³-hybridized carbons (Fsp3) is 0.250. The Morgan fingerprint density at radius 2 is 2.10 bits per heavy atom. The number of nitrogens with zero attached hydrogens (tertiary/aromatic N) is 2. The number of pyridine rings is 1. The van der Waals surface area contributed by atoms with Crippen molar-refractivity contribution >= 4 is 11.6 Å². The number of fused-ring (bicyclic) bond motifs is 1. The minimum Gasteiger partial charge on any atom is -0.373 e. The molecule has 3 rings (SSSR count). The Kier molecular flexibility index (Phi) is 3.37. The summed E-state index contributed by atoms with van der Waals surface area (Å²) in [5.41, 5.74) is 3.17. The van der Waals surface area contributed by atoms with Crippen LogP contribution in [0.2, 0.25) is 0 Å². The van der Waals surface area contributed by atoms with E-state index in [2.05, 4.69) is 16.4 Å². The van der Waals surface area contributed by atoms with Gasteiger partial charge in [0.05, 0.1) is 12.2 Å². The van der Waals surface area contributed by atoms with E-state index in [4.69, 9.17) is 0 Å². The highest BCUT2D eigenvalue weighted by atomic mass is 16.2. The molecule has 1 N–H and O–H groups in total. The van der Waals surface area contributed by atoms with Crippen LogP contribution in [-0.4, -0.2) is 28.9 Å². The van der Waals surface area contributed by atoms with Gasteiger partial charge in [-0.2, -0.15) is 0 Å². The molecule has 0 saturated heterocycles. The van der Waals surface area contributed by atoms with E-state index in [1.165, 1.54) is 5.56 Å². The van der Waals surface area contributed by atoms with Gasteiger partial charge in [-0.05, 0) is 23.8 Å². The quantitative estimate of drug-likeness (QED) is 0.926. The van der Waals surface area contributed by atoms with Gasteiger partial charge in [-0.3, -0.25) is 9.78 Å². The van der Waals surface area contributed by atoms with Crippen molar-refractivity contribution in [1.29, 1.82) is 0 Å². The van der Waals surface area contributed by atoms with Crippen LogP contribution in [0, 0.1) is 0 Å². The van der Waals surface area contributed by atoms with E-state index >= 15 is 0 Å². The van der Waals surface area contributed by atoms with Crippen molar-refractivity contribution in [3.63, 3.8) is 0 Å². The Morgan fingerprint density at radius 3 is 2.85 bits per heavy atom. The van der Waals surface area contributed by atoms with Crippen molar-refractivity contribution in [2.75, 3.05) is 12.4 Å². The summed E-state index contributed by atoms with van der Waals surface area (Å²) in [5.74, 6) is 0.104. The molecule has 0 radical (unpaired) electrons. The molecular weight excluding hydrogens is 250 g/mol. The second-order valence-electron chi connectivity index (χ2n) is 5.07. The Balaban J connectivity index is 1.66. The molecule has 0 unspecified atom stereocenters. The predicted octanol–water partition coefficient (Wildman–Crippen LogP) is 2.08. The number of rotatable bonds is 3. The summed E-state index contributed by atoms with van der Waals surface area (Å²) in [6.07, 6.45) is 2.50. The lowest BCUT2D eigenvalue weighted by molar-refractivity contribution is -0.131. The summed E-state index contributed by atoms with van der Waals surface area (Å²) < 4.78 is 0. The molecule has 1 aliphatic rings. The lowest BCUT2D eigenvalue weighted by Crippen LogP contribution is -2.39. The molecule has 2 heterocycles. The smallest absolute Gasteiger partial charge is 0.245 e. The molecule has 0 spiro atoms. The molecule has 20 heavy (non-hydrogen) atoms. The van der Waals surface area contributed by atoms with Crippen molar-refractivity contribution < 1.29 is 4.79 Å². The van der Waals surface area contributed by atoms with Crippen LogP contribution in [0.3, 0.4) is 0 Å². The second-order valence-corrected chi connectivity index (χ2v) is 5.07. The molecule has 0 aliphatic carbocycles. The van der Waals surface area contributed by atoms with Crippen LogP contribution < -0.4 is 5.32 Å². The van der Waals surface area contributed by atoms with E-state index in [9.17, 15) is 4.79 Å². The maximum atomic E-state index is 12.5. The number of benzene rings is 1. The average Bonchev–Trinajstić information content (AvgIpc) is 2.91. The minimum atomic E-state index is -0.166. The summed E-state index contributed by atoms with van der Waals surface area (Å²) in [5, 5.41) is 3.29. The van der Waals surface area contributed by atoms with Crippen LogP contribution >= 0.6 is 0 Å². The van der Waals surface area contributed by atoms with Crippen LogP contribution in [-0.2, 0) is 17.8 Å². The zero-order valence-electron chi connectivity index (χ0n) is 11.4. The van der Waals surface area contributed by atoms with Crippen LogP contribution in [0.15, 0.2) is 48.7 Å². The summed E-state index contributed by atoms with van der Waals surface area (Å²) >= 11 is 0. The van der Waals surface area contributed by atoms with Gasteiger partial charge in [0.15, 0.2) is 0 Å². The summed E-state index contributed by atoms with van der Waals surface area (Å²) in [7, 11) is 1.82. The Morgan fingerprint density at radius 1 is 1.30 bits per heavy atom. The fourth-order valence-corrected chi connectivity index (χ4v) is 2.53. The normalized spacial score (nSPS) is 16.4. The average molecular weight is 267 g/mol. The Bertz CT molecular complexity index is 587. The maximum Gasteiger partial charge on any atom is 0.245 e. The number of para-hydroxylation sites is 1. The third-order valence-corrected chi connectivity index (χ3v) is 3.57. The summed E-state index contributed by atoms with van der Waals surface area (Å²) in [6.45, 7) is 0.536. The number of amides is 1. The molecule has 1 aromatic heterocycles. The number of hydrogen-bond donors (Lipinski definition) is 1. The lowest BCUT2D eigenvalue weighted by Gasteiger charge is -2.21. The second kappa shape index (κ2) is 5.33. The van der Waals surface area contributed by atoms with Gasteiger partial charge in [0.25, 0.3) is 0 Å². The highest BCUT2D eigenvalue weighted by Gasteiger charge is 2.28. The van der Waals surface area contributed by atoms with E-state index in [0.717, 1.165) is 17.8 Å². The first-order valence-electron chi connectivity index (χ1n) is 6.73. The first-order valence-corrected chi connectivity index (χ1v) is 6.73. The molecule has 4 heteroatoms. The van der Waals surface area contributed by atoms with Gasteiger partial charge in [-0.15, -0.1) is 0 Å². The molecule has 0 saturated carbocycles. The molecule has 1 aliphatic heterocycles. The van der Waals surface area contributed by atoms with E-state index in [-0.39, 0.29) is 11.9 Å². The van der Waals surface area contributed by atoms with Crippen molar-refractivity contribution in [2.45, 2.75) is 19.0 Å². The number of carbonyl (C=O) groups is 1. The van der Waals surface area contributed by atoms with E-state index < -0.39 is 0 Å². The fourth-order valence-electron chi connectivity index (χ4n) is 2.53. The number of nitrogens with one attached hydrogen (secondary N) is 1. The summed E-state index contributed by atoms with van der Waals surface area (Å²) in [6, 6.07) is 13.6. The molecular formula is C16H17N3O. The Labute approximate surface area is 118 Å². The predicted molar refractivity (Wildman–Crippen MR) is 78.3 cm³/mol. The largest absolute Gasteiger partial charge is 0.373 e. The number of carbonyl (C=O) groups excluding carboxylic acids is 1. The first kappa shape index (κ1) is 12.7. The molecule has 1 amide bonds. The topological polar surface area (TPSA) is 45.2 Å². The van der Waals surface area contributed by atoms with Crippen molar-refractivity contribution in [3.8, 4) is 0 Å². The Hall–Kier alpha value is -2.36. The highest BCUT2D eigenvalue weighted by Crippen LogP contribution is 2.26. The van der Waals surface area contributed by atoms with Crippen LogP contribution in [0.1, 0.15) is 11.3 Å². The van der Waals surface area contributed by atoms with Crippen LogP contribution in [0.25, 0.3) is 0 Å². The monoisotopic (exact) mass is 267 g/mol. The molecule has 0 bridgehead atoms. The number of anilines is 1. The third-order valence-electron chi connectivity index (χ3n) is 3.57. The minimum absolute atomic E-state index is 0.104. The zero-order chi connectivity index (χ0) is 13.9. The van der Waals surface area contributed by atoms with E-state index in [1.807, 2.05) is 43.4 Å². The molecule has 2 aromatic rings. The van der Waals surface area contributed by atoms with Gasteiger partial charge in [-0.25, -0.2) is 0 Å². The standard InChI is InChI=1S/C16H17N3O/c1-19(11-13-7-4-5-9-17-13)16(20)15-10-12-6-2-3-8-14(12)18-15/h2-9,15,18H,10-11H2,1H3/t15-/m0/s1. The molecule has 0 fully saturated rings. The van der Waals surface area contributed by atoms with Crippen molar-refractivity contribution in [2.24, 2.45) is 0 Å². The van der Waals surface area contributed by atoms with Crippen LogP contribution in [0.4, 0.5) is 5.69 Å². The van der Waals surface area contributed by atoms with Gasteiger partial charge in [0, 0.05) is 25.4 Å². The lowest BCUT2D eigenvalue weighted by atomic mass is 10.1. The van der Waals surface area contributed by atoms with Gasteiger partial charge in [-0.1, -0.05) is 24.3 Å². The highest BCUT2D eigenvalue weighted by molar-refractivity contribution is 5.87. The van der Waals surface area contributed by atoms with Crippen molar-refractivity contribution in [1.82, 2.24) is 9.88 Å². The van der Waals surface area contributed by atoms with Gasteiger partial charge in [0.2, 0.25) is 5.91 Å². The third kappa shape index (κ3) is 2.50. The van der Waals surface area contributed by atoms with Gasteiger partial charge < -0.3 is 10.2 Å². The van der Waals surface area contributed by atoms with E-state index in [0.29, 0.717) is 6.54 Å². The number of hydrogen-bond acceptors (Lipinski definition) is 3. The summed E-state index contributed by atoms with van der Waals surface area (Å²) in [4.78, 5) is 18.4. The molecule has 1 aromatic carbocycles. The van der Waals surface area contributed by atoms with Crippen LogP contribution in [0.5, 0.6) is 0 Å². The maximum absolute atomic E-state index is 12.5. The molecule has 1 atom stereocenters. The molecule has 102 valence electrons. The van der Waals surface area contributed by atoms with Gasteiger partial charge >= 0.3 is 0 Å². The van der Waals surface area contributed by atoms with E-state index in [1.54, 1.807) is 11.1 Å². The first-order chi connectivity index (χ1) is 9.74. The molecule has 4 nitrogen and oxygen atoms in total. The number of likely N-dealkylation sites (N-methyl/N-ethyl adjacent to an activating group) is 1.